The fraction of sp³-hybridized carbons (Fsp3) is 0.400. The highest BCUT2D eigenvalue weighted by atomic mass is 19.2. The summed E-state index contributed by atoms with van der Waals surface area (Å²) in [5, 5.41) is 0. The average molecular weight is 350 g/mol. The minimum atomic E-state index is -0.941. The van der Waals surface area contributed by atoms with E-state index in [1.54, 1.807) is 18.2 Å². The summed E-state index contributed by atoms with van der Waals surface area (Å²) in [5.74, 6) is -1.61. The lowest BCUT2D eigenvalue weighted by atomic mass is 9.76. The summed E-state index contributed by atoms with van der Waals surface area (Å²) in [6.45, 7) is 0. The molecule has 0 unspecified atom stereocenters. The van der Waals surface area contributed by atoms with Gasteiger partial charge in [0, 0.05) is 6.07 Å². The number of hydrogen-bond acceptors (Lipinski definition) is 2. The van der Waals surface area contributed by atoms with Crippen LogP contribution in [0.1, 0.15) is 48.6 Å². The number of halogens is 3. The summed E-state index contributed by atoms with van der Waals surface area (Å²) in [6.07, 6.45) is 2.86. The maximum Gasteiger partial charge on any atom is 0.200 e. The molecule has 2 aromatic carbocycles. The van der Waals surface area contributed by atoms with Crippen molar-refractivity contribution in [3.05, 3.63) is 58.9 Å². The van der Waals surface area contributed by atoms with Crippen molar-refractivity contribution in [1.82, 2.24) is 0 Å². The zero-order valence-corrected chi connectivity index (χ0v) is 14.3. The first-order chi connectivity index (χ1) is 12.0. The highest BCUT2D eigenvalue weighted by molar-refractivity contribution is 5.34. The van der Waals surface area contributed by atoms with Crippen LogP contribution in [0.15, 0.2) is 30.3 Å². The van der Waals surface area contributed by atoms with Gasteiger partial charge in [-0.15, -0.1) is 0 Å². The molecule has 2 nitrogen and oxygen atoms in total. The van der Waals surface area contributed by atoms with Crippen LogP contribution in [0.5, 0.6) is 11.5 Å². The van der Waals surface area contributed by atoms with Gasteiger partial charge in [0.1, 0.15) is 11.6 Å². The maximum absolute atomic E-state index is 14.3. The normalized spacial score (nSPS) is 20.4. The molecule has 0 N–H and O–H groups in total. The van der Waals surface area contributed by atoms with Crippen LogP contribution in [0.3, 0.4) is 0 Å². The van der Waals surface area contributed by atoms with Crippen molar-refractivity contribution in [1.29, 1.82) is 0 Å². The number of methoxy groups -OCH3 is 2. The maximum atomic E-state index is 14.3. The second kappa shape index (κ2) is 7.38. The van der Waals surface area contributed by atoms with E-state index in [4.69, 9.17) is 9.47 Å². The van der Waals surface area contributed by atoms with Crippen LogP contribution in [0.4, 0.5) is 13.2 Å². The molecule has 0 radical (unpaired) electrons. The second-order valence-corrected chi connectivity index (χ2v) is 6.42. The molecule has 0 aromatic heterocycles. The van der Waals surface area contributed by atoms with Gasteiger partial charge in [-0.1, -0.05) is 12.1 Å². The lowest BCUT2D eigenvalue weighted by Crippen LogP contribution is -2.15. The summed E-state index contributed by atoms with van der Waals surface area (Å²) in [6, 6.07) is 7.95. The van der Waals surface area contributed by atoms with Gasteiger partial charge in [-0.3, -0.25) is 0 Å². The van der Waals surface area contributed by atoms with Crippen LogP contribution in [-0.2, 0) is 0 Å². The Labute approximate surface area is 145 Å². The Morgan fingerprint density at radius 2 is 1.36 bits per heavy atom. The average Bonchev–Trinajstić information content (AvgIpc) is 2.64. The molecule has 0 atom stereocenters. The smallest absolute Gasteiger partial charge is 0.200 e. The molecule has 3 rings (SSSR count). The van der Waals surface area contributed by atoms with E-state index >= 15 is 0 Å². The van der Waals surface area contributed by atoms with Crippen LogP contribution in [0, 0.1) is 17.5 Å². The lowest BCUT2D eigenvalue weighted by molar-refractivity contribution is 0.354. The monoisotopic (exact) mass is 350 g/mol. The van der Waals surface area contributed by atoms with E-state index in [9.17, 15) is 13.2 Å². The molecule has 0 heterocycles. The molecular weight excluding hydrogens is 329 g/mol. The molecule has 25 heavy (non-hydrogen) atoms. The van der Waals surface area contributed by atoms with Gasteiger partial charge in [0.25, 0.3) is 0 Å². The van der Waals surface area contributed by atoms with Gasteiger partial charge in [0.15, 0.2) is 11.6 Å². The third-order valence-electron chi connectivity index (χ3n) is 5.11. The minimum absolute atomic E-state index is 0.0574. The van der Waals surface area contributed by atoms with Crippen LogP contribution < -0.4 is 9.47 Å². The standard InChI is InChI=1S/C20H21F3O2/c1-24-14-7-8-15(17(21)11-14)12-3-5-13(6-4-12)16-9-10-18(25-2)20(23)19(16)22/h7-13H,3-6H2,1-2H3. The Morgan fingerprint density at radius 1 is 0.760 bits per heavy atom. The van der Waals surface area contributed by atoms with E-state index in [0.29, 0.717) is 29.7 Å². The molecule has 1 saturated carbocycles. The van der Waals surface area contributed by atoms with Crippen molar-refractivity contribution in [2.24, 2.45) is 0 Å². The molecule has 2 aromatic rings. The van der Waals surface area contributed by atoms with Gasteiger partial charge >= 0.3 is 0 Å². The number of hydrogen-bond donors (Lipinski definition) is 0. The minimum Gasteiger partial charge on any atom is -0.497 e. The van der Waals surface area contributed by atoms with Crippen LogP contribution in [-0.4, -0.2) is 14.2 Å². The highest BCUT2D eigenvalue weighted by Crippen LogP contribution is 2.43. The Balaban J connectivity index is 1.73. The van der Waals surface area contributed by atoms with Crippen molar-refractivity contribution in [3.8, 4) is 11.5 Å². The molecule has 134 valence electrons. The van der Waals surface area contributed by atoms with Gasteiger partial charge in [-0.2, -0.15) is 4.39 Å². The summed E-state index contributed by atoms with van der Waals surface area (Å²) in [7, 11) is 2.81. The van der Waals surface area contributed by atoms with E-state index in [1.807, 2.05) is 0 Å². The van der Waals surface area contributed by atoms with Crippen molar-refractivity contribution in [2.45, 2.75) is 37.5 Å². The predicted molar refractivity (Wildman–Crippen MR) is 89.8 cm³/mol. The van der Waals surface area contributed by atoms with Gasteiger partial charge in [0.2, 0.25) is 5.82 Å². The molecule has 0 bridgehead atoms. The highest BCUT2D eigenvalue weighted by Gasteiger charge is 2.28. The van der Waals surface area contributed by atoms with Crippen molar-refractivity contribution >= 4 is 0 Å². The summed E-state index contributed by atoms with van der Waals surface area (Å²) >= 11 is 0. The van der Waals surface area contributed by atoms with Crippen LogP contribution in [0.25, 0.3) is 0 Å². The van der Waals surface area contributed by atoms with E-state index in [-0.39, 0.29) is 23.4 Å². The molecule has 5 heteroatoms. The third-order valence-corrected chi connectivity index (χ3v) is 5.11. The first-order valence-corrected chi connectivity index (χ1v) is 8.40. The van der Waals surface area contributed by atoms with Crippen molar-refractivity contribution in [2.75, 3.05) is 14.2 Å². The Hall–Kier alpha value is -2.17. The summed E-state index contributed by atoms with van der Waals surface area (Å²) < 4.78 is 52.3. The number of rotatable bonds is 4. The fourth-order valence-electron chi connectivity index (χ4n) is 3.70. The fourth-order valence-corrected chi connectivity index (χ4v) is 3.70. The predicted octanol–water partition coefficient (Wildman–Crippen LogP) is 5.56. The van der Waals surface area contributed by atoms with Gasteiger partial charge in [-0.05, 0) is 60.8 Å². The van der Waals surface area contributed by atoms with Crippen LogP contribution in [0.2, 0.25) is 0 Å². The van der Waals surface area contributed by atoms with Crippen molar-refractivity contribution < 1.29 is 22.6 Å². The summed E-state index contributed by atoms with van der Waals surface area (Å²) in [4.78, 5) is 0. The van der Waals surface area contributed by atoms with Gasteiger partial charge in [0.05, 0.1) is 14.2 Å². The van der Waals surface area contributed by atoms with E-state index in [0.717, 1.165) is 12.8 Å². The van der Waals surface area contributed by atoms with Gasteiger partial charge < -0.3 is 9.47 Å². The van der Waals surface area contributed by atoms with Crippen LogP contribution >= 0.6 is 0 Å². The molecule has 0 saturated heterocycles. The Bertz CT molecular complexity index is 753. The topological polar surface area (TPSA) is 18.5 Å². The third kappa shape index (κ3) is 3.46. The zero-order chi connectivity index (χ0) is 18.0. The van der Waals surface area contributed by atoms with E-state index < -0.39 is 11.6 Å². The first kappa shape index (κ1) is 17.6. The quantitative estimate of drug-likeness (QED) is 0.718. The molecule has 1 aliphatic carbocycles. The molecule has 1 aliphatic rings. The second-order valence-electron chi connectivity index (χ2n) is 6.42. The number of ether oxygens (including phenoxy) is 2. The van der Waals surface area contributed by atoms with Gasteiger partial charge in [-0.25, -0.2) is 8.78 Å². The summed E-state index contributed by atoms with van der Waals surface area (Å²) in [5.41, 5.74) is 1.05. The lowest BCUT2D eigenvalue weighted by Gasteiger charge is -2.29. The van der Waals surface area contributed by atoms with E-state index in [2.05, 4.69) is 0 Å². The largest absolute Gasteiger partial charge is 0.497 e. The SMILES string of the molecule is COc1ccc(C2CCC(c3ccc(OC)c(F)c3F)CC2)c(F)c1. The molecule has 0 amide bonds. The molecule has 1 fully saturated rings. The molecule has 0 spiro atoms. The van der Waals surface area contributed by atoms with Crippen molar-refractivity contribution in [3.63, 3.8) is 0 Å². The number of benzene rings is 2. The Kier molecular flexibility index (Phi) is 5.21. The van der Waals surface area contributed by atoms with E-state index in [1.165, 1.54) is 26.4 Å². The Morgan fingerprint density at radius 3 is 1.92 bits per heavy atom. The molecular formula is C20H21F3O2. The first-order valence-electron chi connectivity index (χ1n) is 8.40. The zero-order valence-electron chi connectivity index (χ0n) is 14.3. The molecule has 0 aliphatic heterocycles.